The third kappa shape index (κ3) is 6.53. The van der Waals surface area contributed by atoms with Gasteiger partial charge in [0.15, 0.2) is 11.2 Å². The molecule has 0 radical (unpaired) electrons. The van der Waals surface area contributed by atoms with Crippen LogP contribution in [0.5, 0.6) is 11.6 Å². The van der Waals surface area contributed by atoms with Gasteiger partial charge in [-0.05, 0) is 64.8 Å². The fourth-order valence-corrected chi connectivity index (χ4v) is 3.54. The highest BCUT2D eigenvalue weighted by atomic mass is 16.5. The average Bonchev–Trinajstić information content (AvgIpc) is 3.28. The SMILES string of the molecule is CC(C)(C)C(=O)Oc1ccc(COc2nc(NC(=O)Cc3ccccc3)nc3c2ncn3C(C)(C)C)cc1. The number of hydrogen-bond acceptors (Lipinski definition) is 7. The second-order valence-electron chi connectivity index (χ2n) is 11.1. The van der Waals surface area contributed by atoms with E-state index in [0.29, 0.717) is 16.9 Å². The topological polar surface area (TPSA) is 108 Å². The van der Waals surface area contributed by atoms with Crippen molar-refractivity contribution in [3.63, 3.8) is 0 Å². The normalized spacial score (nSPS) is 11.8. The van der Waals surface area contributed by atoms with E-state index in [1.165, 1.54) is 0 Å². The predicted octanol–water partition coefficient (Wildman–Crippen LogP) is 5.29. The summed E-state index contributed by atoms with van der Waals surface area (Å²) in [6.07, 6.45) is 1.89. The summed E-state index contributed by atoms with van der Waals surface area (Å²) in [6, 6.07) is 16.6. The van der Waals surface area contributed by atoms with Crippen molar-refractivity contribution in [2.45, 2.75) is 60.1 Å². The quantitative estimate of drug-likeness (QED) is 0.263. The molecule has 4 aromatic rings. The van der Waals surface area contributed by atoms with Crippen LogP contribution in [0.25, 0.3) is 11.2 Å². The molecular formula is C29H33N5O4. The lowest BCUT2D eigenvalue weighted by molar-refractivity contribution is -0.143. The lowest BCUT2D eigenvalue weighted by Gasteiger charge is -2.21. The molecule has 2 aromatic carbocycles. The number of carbonyl (C=O) groups is 2. The highest BCUT2D eigenvalue weighted by Crippen LogP contribution is 2.28. The first-order chi connectivity index (χ1) is 17.9. The van der Waals surface area contributed by atoms with Crippen LogP contribution in [0.4, 0.5) is 5.95 Å². The molecule has 1 amide bonds. The maximum absolute atomic E-state index is 12.7. The highest BCUT2D eigenvalue weighted by Gasteiger charge is 2.24. The van der Waals surface area contributed by atoms with Gasteiger partial charge in [0.2, 0.25) is 17.7 Å². The van der Waals surface area contributed by atoms with E-state index in [1.54, 1.807) is 39.2 Å². The smallest absolute Gasteiger partial charge is 0.316 e. The van der Waals surface area contributed by atoms with E-state index in [4.69, 9.17) is 9.47 Å². The van der Waals surface area contributed by atoms with Crippen LogP contribution in [-0.2, 0) is 28.2 Å². The van der Waals surface area contributed by atoms with Gasteiger partial charge in [0, 0.05) is 5.54 Å². The van der Waals surface area contributed by atoms with Crippen molar-refractivity contribution in [2.75, 3.05) is 5.32 Å². The van der Waals surface area contributed by atoms with E-state index in [9.17, 15) is 9.59 Å². The predicted molar refractivity (Wildman–Crippen MR) is 145 cm³/mol. The van der Waals surface area contributed by atoms with Crippen molar-refractivity contribution in [3.8, 4) is 11.6 Å². The monoisotopic (exact) mass is 515 g/mol. The Labute approximate surface area is 222 Å². The molecule has 1 N–H and O–H groups in total. The first kappa shape index (κ1) is 26.8. The zero-order valence-corrected chi connectivity index (χ0v) is 22.6. The Hall–Kier alpha value is -4.27. The van der Waals surface area contributed by atoms with Crippen LogP contribution in [0.1, 0.15) is 52.7 Å². The Bertz CT molecular complexity index is 1430. The van der Waals surface area contributed by atoms with E-state index in [-0.39, 0.29) is 42.3 Å². The van der Waals surface area contributed by atoms with Crippen LogP contribution in [0.2, 0.25) is 0 Å². The molecule has 4 rings (SSSR count). The zero-order valence-electron chi connectivity index (χ0n) is 22.6. The number of amides is 1. The Morgan fingerprint density at radius 3 is 2.21 bits per heavy atom. The Kier molecular flexibility index (Phi) is 7.48. The second-order valence-corrected chi connectivity index (χ2v) is 11.1. The Morgan fingerprint density at radius 2 is 1.58 bits per heavy atom. The molecule has 2 aromatic heterocycles. The number of esters is 1. The first-order valence-electron chi connectivity index (χ1n) is 12.4. The first-order valence-corrected chi connectivity index (χ1v) is 12.4. The maximum Gasteiger partial charge on any atom is 0.316 e. The van der Waals surface area contributed by atoms with Gasteiger partial charge < -0.3 is 14.0 Å². The molecule has 0 aliphatic rings. The van der Waals surface area contributed by atoms with Crippen LogP contribution in [-0.4, -0.2) is 31.4 Å². The molecule has 0 atom stereocenters. The molecule has 198 valence electrons. The molecular weight excluding hydrogens is 482 g/mol. The largest absolute Gasteiger partial charge is 0.471 e. The van der Waals surface area contributed by atoms with Crippen molar-refractivity contribution in [1.29, 1.82) is 0 Å². The van der Waals surface area contributed by atoms with Crippen molar-refractivity contribution < 1.29 is 19.1 Å². The molecule has 0 unspecified atom stereocenters. The summed E-state index contributed by atoms with van der Waals surface area (Å²) in [7, 11) is 0. The highest BCUT2D eigenvalue weighted by molar-refractivity contribution is 5.91. The summed E-state index contributed by atoms with van der Waals surface area (Å²) in [5.74, 6) is 0.329. The summed E-state index contributed by atoms with van der Waals surface area (Å²) in [5, 5.41) is 2.80. The van der Waals surface area contributed by atoms with Gasteiger partial charge in [-0.2, -0.15) is 9.97 Å². The Balaban J connectivity index is 1.55. The summed E-state index contributed by atoms with van der Waals surface area (Å²) in [5.41, 5.74) is 1.89. The molecule has 0 aliphatic heterocycles. The standard InChI is InChI=1S/C29H33N5O4/c1-28(2,3)26(36)38-21-14-12-20(13-15-21)17-37-25-23-24(34(18-30-23)29(4,5)6)32-27(33-25)31-22(35)16-19-10-8-7-9-11-19/h7-15,18H,16-17H2,1-6H3,(H,31,32,33,35). The molecule has 0 spiro atoms. The van der Waals surface area contributed by atoms with Gasteiger partial charge in [0.05, 0.1) is 18.2 Å². The van der Waals surface area contributed by atoms with Crippen LogP contribution >= 0.6 is 0 Å². The fraction of sp³-hybridized carbons (Fsp3) is 0.345. The minimum atomic E-state index is -0.592. The molecule has 0 fully saturated rings. The molecule has 0 saturated heterocycles. The average molecular weight is 516 g/mol. The van der Waals surface area contributed by atoms with Crippen LogP contribution in [0.15, 0.2) is 60.9 Å². The molecule has 0 bridgehead atoms. The number of benzene rings is 2. The lowest BCUT2D eigenvalue weighted by atomic mass is 9.97. The number of carbonyl (C=O) groups excluding carboxylic acids is 2. The van der Waals surface area contributed by atoms with Crippen LogP contribution in [0.3, 0.4) is 0 Å². The van der Waals surface area contributed by atoms with Gasteiger partial charge in [0.25, 0.3) is 0 Å². The Morgan fingerprint density at radius 1 is 0.895 bits per heavy atom. The number of hydrogen-bond donors (Lipinski definition) is 1. The van der Waals surface area contributed by atoms with Crippen molar-refractivity contribution in [3.05, 3.63) is 72.1 Å². The van der Waals surface area contributed by atoms with E-state index in [1.807, 2.05) is 67.8 Å². The molecule has 38 heavy (non-hydrogen) atoms. The fourth-order valence-electron chi connectivity index (χ4n) is 3.54. The van der Waals surface area contributed by atoms with Crippen molar-refractivity contribution in [1.82, 2.24) is 19.5 Å². The minimum absolute atomic E-state index is 0.142. The van der Waals surface area contributed by atoms with Gasteiger partial charge in [-0.3, -0.25) is 14.9 Å². The number of nitrogens with zero attached hydrogens (tertiary/aromatic N) is 4. The van der Waals surface area contributed by atoms with Gasteiger partial charge in [-0.15, -0.1) is 0 Å². The third-order valence-electron chi connectivity index (χ3n) is 5.67. The van der Waals surface area contributed by atoms with Crippen molar-refractivity contribution >= 4 is 29.0 Å². The molecule has 9 heteroatoms. The third-order valence-corrected chi connectivity index (χ3v) is 5.67. The number of fused-ring (bicyclic) bond motifs is 1. The van der Waals surface area contributed by atoms with E-state index < -0.39 is 5.41 Å². The number of nitrogens with one attached hydrogen (secondary N) is 1. The summed E-state index contributed by atoms with van der Waals surface area (Å²) >= 11 is 0. The zero-order chi connectivity index (χ0) is 27.5. The number of anilines is 1. The maximum atomic E-state index is 12.7. The number of aromatic nitrogens is 4. The lowest BCUT2D eigenvalue weighted by Crippen LogP contribution is -2.25. The van der Waals surface area contributed by atoms with Crippen LogP contribution < -0.4 is 14.8 Å². The van der Waals surface area contributed by atoms with Gasteiger partial charge >= 0.3 is 5.97 Å². The molecule has 0 aliphatic carbocycles. The van der Waals surface area contributed by atoms with Crippen LogP contribution in [0, 0.1) is 5.41 Å². The van der Waals surface area contributed by atoms with Gasteiger partial charge in [-0.1, -0.05) is 42.5 Å². The summed E-state index contributed by atoms with van der Waals surface area (Å²) in [6.45, 7) is 11.7. The van der Waals surface area contributed by atoms with Gasteiger partial charge in [-0.25, -0.2) is 4.98 Å². The second kappa shape index (κ2) is 10.6. The minimum Gasteiger partial charge on any atom is -0.471 e. The van der Waals surface area contributed by atoms with E-state index >= 15 is 0 Å². The molecule has 2 heterocycles. The number of imidazole rings is 1. The number of rotatable bonds is 7. The van der Waals surface area contributed by atoms with Gasteiger partial charge in [0.1, 0.15) is 12.4 Å². The number of ether oxygens (including phenoxy) is 2. The van der Waals surface area contributed by atoms with E-state index in [0.717, 1.165) is 11.1 Å². The summed E-state index contributed by atoms with van der Waals surface area (Å²) in [4.78, 5) is 38.4. The summed E-state index contributed by atoms with van der Waals surface area (Å²) < 4.78 is 13.4. The molecule has 0 saturated carbocycles. The van der Waals surface area contributed by atoms with Crippen molar-refractivity contribution in [2.24, 2.45) is 5.41 Å². The molecule has 9 nitrogen and oxygen atoms in total. The van der Waals surface area contributed by atoms with E-state index in [2.05, 4.69) is 20.3 Å².